The number of rotatable bonds is 12. The average Bonchev–Trinajstić information content (AvgIpc) is 3.34. The third-order valence-corrected chi connectivity index (χ3v) is 9.63. The molecule has 2 aromatic carbocycles. The van der Waals surface area contributed by atoms with Gasteiger partial charge >= 0.3 is 0 Å². The monoisotopic (exact) mass is 607 g/mol. The summed E-state index contributed by atoms with van der Waals surface area (Å²) in [7, 11) is 5.87. The zero-order valence-electron chi connectivity index (χ0n) is 27.6. The van der Waals surface area contributed by atoms with Gasteiger partial charge in [-0.3, -0.25) is 14.4 Å². The second-order valence-corrected chi connectivity index (χ2v) is 13.3. The highest BCUT2D eigenvalue weighted by atomic mass is 19.1. The zero-order chi connectivity index (χ0) is 31.5. The topological polar surface area (TPSA) is 63.1 Å². The molecule has 2 aliphatic rings. The molecule has 3 aromatic rings. The predicted octanol–water partition coefficient (Wildman–Crippen LogP) is 5.41. The highest BCUT2D eigenvalue weighted by Gasteiger charge is 2.36. The fourth-order valence-electron chi connectivity index (χ4n) is 7.06. The Morgan fingerprint density at radius 2 is 1.84 bits per heavy atom. The number of likely N-dealkylation sites (tertiary alicyclic amines) is 1. The molecule has 0 radical (unpaired) electrons. The molecule has 0 bridgehead atoms. The van der Waals surface area contributed by atoms with Crippen LogP contribution in [0.3, 0.4) is 0 Å². The van der Waals surface area contributed by atoms with Crippen LogP contribution in [-0.2, 0) is 16.5 Å². The lowest BCUT2D eigenvalue weighted by molar-refractivity contribution is -0.0249. The van der Waals surface area contributed by atoms with Crippen molar-refractivity contribution in [2.24, 2.45) is 13.0 Å². The fraction of sp³-hybridized carbons (Fsp3) is 0.600. The van der Waals surface area contributed by atoms with Crippen LogP contribution >= 0.6 is 0 Å². The summed E-state index contributed by atoms with van der Waals surface area (Å²) < 4.78 is 27.5. The van der Waals surface area contributed by atoms with E-state index in [1.807, 2.05) is 36.7 Å². The Morgan fingerprint density at radius 1 is 1.11 bits per heavy atom. The number of carbonyl (C=O) groups excluding carboxylic acids is 1. The highest BCUT2D eigenvalue weighted by molar-refractivity contribution is 6.06. The first-order valence-corrected chi connectivity index (χ1v) is 16.2. The maximum atomic E-state index is 14.7. The lowest BCUT2D eigenvalue weighted by Gasteiger charge is -2.46. The molecule has 1 amide bonds. The molecule has 0 saturated carbocycles. The third kappa shape index (κ3) is 6.86. The van der Waals surface area contributed by atoms with Crippen LogP contribution in [0.1, 0.15) is 62.4 Å². The molecule has 2 aliphatic heterocycles. The molecular formula is C35H50FN5O3. The Hall–Kier alpha value is -2.85. The smallest absolute Gasteiger partial charge is 0.255 e. The molecule has 0 N–H and O–H groups in total. The van der Waals surface area contributed by atoms with Crippen molar-refractivity contribution in [2.75, 3.05) is 60.2 Å². The number of aryl methyl sites for hydroxylation is 1. The molecule has 3 heterocycles. The second kappa shape index (κ2) is 14.1. The largest absolute Gasteiger partial charge is 0.383 e. The van der Waals surface area contributed by atoms with Crippen molar-refractivity contribution in [2.45, 2.75) is 64.6 Å². The molecule has 0 unspecified atom stereocenters. The van der Waals surface area contributed by atoms with Crippen molar-refractivity contribution in [1.82, 2.24) is 24.5 Å². The number of hydrogen-bond donors (Lipinski definition) is 0. The number of likely N-dealkylation sites (N-methyl/N-ethyl adjacent to an activating group) is 1. The summed E-state index contributed by atoms with van der Waals surface area (Å²) >= 11 is 0. The minimum atomic E-state index is -0.413. The van der Waals surface area contributed by atoms with Gasteiger partial charge in [0.1, 0.15) is 5.82 Å². The van der Waals surface area contributed by atoms with Gasteiger partial charge in [-0.2, -0.15) is 5.10 Å². The SMILES string of the molecule is COCCN(C)CCC[C@H](C(C)C)N1CC(c2cc(-c3ccc(F)cc3C(=O)N3[C@H](C)COC[C@H]3C)c3cnn(C)c3c2)C1. The molecular weight excluding hydrogens is 557 g/mol. The Morgan fingerprint density at radius 3 is 2.52 bits per heavy atom. The molecule has 3 atom stereocenters. The first kappa shape index (κ1) is 32.5. The summed E-state index contributed by atoms with van der Waals surface area (Å²) in [5, 5.41) is 5.54. The first-order valence-electron chi connectivity index (χ1n) is 16.2. The number of morpholine rings is 1. The molecule has 5 rings (SSSR count). The molecule has 1 aromatic heterocycles. The van der Waals surface area contributed by atoms with Gasteiger partial charge in [0.15, 0.2) is 0 Å². The predicted molar refractivity (Wildman–Crippen MR) is 174 cm³/mol. The van der Waals surface area contributed by atoms with E-state index in [-0.39, 0.29) is 18.0 Å². The molecule has 8 nitrogen and oxygen atoms in total. The number of amides is 1. The van der Waals surface area contributed by atoms with E-state index in [0.29, 0.717) is 36.7 Å². The number of nitrogens with zero attached hydrogens (tertiary/aromatic N) is 5. The fourth-order valence-corrected chi connectivity index (χ4v) is 7.06. The average molecular weight is 608 g/mol. The van der Waals surface area contributed by atoms with Gasteiger partial charge in [-0.25, -0.2) is 4.39 Å². The summed E-state index contributed by atoms with van der Waals surface area (Å²) in [6.07, 6.45) is 4.20. The van der Waals surface area contributed by atoms with Crippen LogP contribution in [0.2, 0.25) is 0 Å². The minimum absolute atomic E-state index is 0.0901. The Bertz CT molecular complexity index is 1430. The number of fused-ring (bicyclic) bond motifs is 1. The van der Waals surface area contributed by atoms with E-state index in [0.717, 1.165) is 61.2 Å². The maximum absolute atomic E-state index is 14.7. The summed E-state index contributed by atoms with van der Waals surface area (Å²) in [4.78, 5) is 20.8. The van der Waals surface area contributed by atoms with Crippen LogP contribution in [0.5, 0.6) is 0 Å². The van der Waals surface area contributed by atoms with Gasteiger partial charge in [0.25, 0.3) is 5.91 Å². The summed E-state index contributed by atoms with van der Waals surface area (Å²) in [6, 6.07) is 9.44. The number of hydrogen-bond acceptors (Lipinski definition) is 6. The zero-order valence-corrected chi connectivity index (χ0v) is 27.6. The Kier molecular flexibility index (Phi) is 10.4. The van der Waals surface area contributed by atoms with Crippen molar-refractivity contribution in [3.8, 4) is 11.1 Å². The standard InChI is InChI=1S/C35H50FN5O3/c1-23(2)33(9-8-12-38(5)13-14-43-7)40-19-27(20-40)26-15-30(32-18-37-39(6)34(32)16-26)29-11-10-28(36)17-31(29)35(42)41-24(3)21-44-22-25(41)4/h10-11,15-18,23-25,27,33H,8-9,12-14,19-22H2,1-7H3/t24-,25-,33-/m1/s1. The van der Waals surface area contributed by atoms with Gasteiger partial charge in [0.2, 0.25) is 0 Å². The van der Waals surface area contributed by atoms with E-state index in [9.17, 15) is 9.18 Å². The molecule has 9 heteroatoms. The quantitative estimate of drug-likeness (QED) is 0.275. The van der Waals surface area contributed by atoms with Crippen molar-refractivity contribution in [3.05, 3.63) is 53.5 Å². The summed E-state index contributed by atoms with van der Waals surface area (Å²) in [6.45, 7) is 14.4. The molecule has 2 fully saturated rings. The van der Waals surface area contributed by atoms with Crippen LogP contribution in [0.25, 0.3) is 22.0 Å². The first-order chi connectivity index (χ1) is 21.1. The van der Waals surface area contributed by atoms with Crippen molar-refractivity contribution < 1.29 is 18.7 Å². The molecule has 0 aliphatic carbocycles. The van der Waals surface area contributed by atoms with Crippen molar-refractivity contribution >= 4 is 16.8 Å². The van der Waals surface area contributed by atoms with Crippen LogP contribution in [0.15, 0.2) is 36.5 Å². The molecule has 0 spiro atoms. The van der Waals surface area contributed by atoms with E-state index in [1.165, 1.54) is 24.1 Å². The lowest BCUT2D eigenvalue weighted by atomic mass is 9.84. The lowest BCUT2D eigenvalue weighted by Crippen LogP contribution is -2.52. The van der Waals surface area contributed by atoms with Gasteiger partial charge in [0.05, 0.1) is 49.2 Å². The summed E-state index contributed by atoms with van der Waals surface area (Å²) in [5.74, 6) is 0.391. The van der Waals surface area contributed by atoms with Crippen LogP contribution in [-0.4, -0.2) is 109 Å². The van der Waals surface area contributed by atoms with Gasteiger partial charge in [0, 0.05) is 51.1 Å². The van der Waals surface area contributed by atoms with Gasteiger partial charge < -0.3 is 19.3 Å². The number of carbonyl (C=O) groups is 1. The molecule has 240 valence electrons. The summed E-state index contributed by atoms with van der Waals surface area (Å²) in [5.41, 5.74) is 4.33. The normalized spacial score (nSPS) is 20.5. The van der Waals surface area contributed by atoms with E-state index in [1.54, 1.807) is 13.2 Å². The highest BCUT2D eigenvalue weighted by Crippen LogP contribution is 2.39. The maximum Gasteiger partial charge on any atom is 0.255 e. The number of halogens is 1. The van der Waals surface area contributed by atoms with Gasteiger partial charge in [-0.15, -0.1) is 0 Å². The third-order valence-electron chi connectivity index (χ3n) is 9.63. The van der Waals surface area contributed by atoms with Crippen molar-refractivity contribution in [3.63, 3.8) is 0 Å². The number of methoxy groups -OCH3 is 1. The van der Waals surface area contributed by atoms with Crippen molar-refractivity contribution in [1.29, 1.82) is 0 Å². The Labute approximate surface area is 262 Å². The molecule has 44 heavy (non-hydrogen) atoms. The number of ether oxygens (including phenoxy) is 2. The van der Waals surface area contributed by atoms with Gasteiger partial charge in [-0.1, -0.05) is 19.9 Å². The van der Waals surface area contributed by atoms with Crippen LogP contribution < -0.4 is 0 Å². The number of aromatic nitrogens is 2. The number of benzene rings is 2. The van der Waals surface area contributed by atoms with Crippen LogP contribution in [0.4, 0.5) is 4.39 Å². The molecule has 2 saturated heterocycles. The minimum Gasteiger partial charge on any atom is -0.383 e. The second-order valence-electron chi connectivity index (χ2n) is 13.3. The van der Waals surface area contributed by atoms with E-state index >= 15 is 0 Å². The van der Waals surface area contributed by atoms with Crippen LogP contribution in [0, 0.1) is 11.7 Å². The Balaban J connectivity index is 1.40. The van der Waals surface area contributed by atoms with Gasteiger partial charge in [-0.05, 0) is 87.2 Å². The van der Waals surface area contributed by atoms with E-state index in [2.05, 4.69) is 47.9 Å². The van der Waals surface area contributed by atoms with E-state index < -0.39 is 5.82 Å². The van der Waals surface area contributed by atoms with E-state index in [4.69, 9.17) is 9.47 Å².